The molecule has 0 N–H and O–H groups in total. The molecule has 0 saturated heterocycles. The van der Waals surface area contributed by atoms with Crippen molar-refractivity contribution in [2.24, 2.45) is 0 Å². The highest BCUT2D eigenvalue weighted by atomic mass is 13.9. The molecule has 0 rings (SSSR count). The van der Waals surface area contributed by atoms with Gasteiger partial charge in [0.2, 0.25) is 0 Å². The van der Waals surface area contributed by atoms with Crippen LogP contribution in [0.5, 0.6) is 0 Å². The fraction of sp³-hybridized carbons (Fsp3) is 0.800. The van der Waals surface area contributed by atoms with Crippen LogP contribution in [-0.4, -0.2) is 0 Å². The topological polar surface area (TPSA) is 0 Å². The van der Waals surface area contributed by atoms with Crippen molar-refractivity contribution in [3.8, 4) is 0 Å². The second-order valence-electron chi connectivity index (χ2n) is 2.82. The van der Waals surface area contributed by atoms with Crippen LogP contribution < -0.4 is 0 Å². The van der Waals surface area contributed by atoms with Crippen molar-refractivity contribution < 1.29 is 0 Å². The predicted molar refractivity (Wildman–Crippen MR) is 47.7 cm³/mol. The van der Waals surface area contributed by atoms with E-state index < -0.39 is 0 Å². The van der Waals surface area contributed by atoms with E-state index in [1.165, 1.54) is 38.5 Å². The van der Waals surface area contributed by atoms with Gasteiger partial charge in [0.25, 0.3) is 0 Å². The van der Waals surface area contributed by atoms with Gasteiger partial charge in [-0.05, 0) is 6.42 Å². The summed E-state index contributed by atoms with van der Waals surface area (Å²) >= 11 is 0. The molecule has 0 bridgehead atoms. The van der Waals surface area contributed by atoms with Gasteiger partial charge in [-0.2, -0.15) is 0 Å². The second kappa shape index (κ2) is 9.00. The zero-order valence-corrected chi connectivity index (χ0v) is 7.23. The fourth-order valence-corrected chi connectivity index (χ4v) is 1.06. The van der Waals surface area contributed by atoms with Gasteiger partial charge in [-0.3, -0.25) is 0 Å². The summed E-state index contributed by atoms with van der Waals surface area (Å²) in [4.78, 5) is 0. The molecular formula is C10H20. The maximum atomic E-state index is 3.81. The summed E-state index contributed by atoms with van der Waals surface area (Å²) in [6, 6.07) is 0. The first kappa shape index (κ1) is 10.0. The van der Waals surface area contributed by atoms with Crippen molar-refractivity contribution in [3.63, 3.8) is 0 Å². The molecular weight excluding hydrogens is 120 g/mol. The molecule has 60 valence electrons. The van der Waals surface area contributed by atoms with E-state index in [9.17, 15) is 0 Å². The highest BCUT2D eigenvalue weighted by Gasteiger charge is 1.87. The molecule has 0 aliphatic rings. The van der Waals surface area contributed by atoms with E-state index >= 15 is 0 Å². The Morgan fingerprint density at radius 1 is 1.00 bits per heavy atom. The lowest BCUT2D eigenvalue weighted by atomic mass is 10.1. The number of hydrogen-bond donors (Lipinski definition) is 0. The SMILES string of the molecule is [CH2]CCCCCCC[CH]C. The van der Waals surface area contributed by atoms with Gasteiger partial charge in [-0.1, -0.05) is 58.8 Å². The van der Waals surface area contributed by atoms with Gasteiger partial charge in [-0.25, -0.2) is 0 Å². The maximum absolute atomic E-state index is 3.81. The Bertz CT molecular complexity index is 40.0. The molecule has 0 amide bonds. The zero-order chi connectivity index (χ0) is 7.66. The Balaban J connectivity index is 2.65. The average Bonchev–Trinajstić information content (AvgIpc) is 1.97. The Labute approximate surface area is 66.0 Å². The van der Waals surface area contributed by atoms with Gasteiger partial charge in [-0.15, -0.1) is 0 Å². The largest absolute Gasteiger partial charge is 0.0623 e. The maximum Gasteiger partial charge on any atom is -0.0417 e. The Morgan fingerprint density at radius 2 is 1.60 bits per heavy atom. The first-order chi connectivity index (χ1) is 4.91. The van der Waals surface area contributed by atoms with Crippen LogP contribution in [0.1, 0.15) is 51.9 Å². The molecule has 0 heterocycles. The summed E-state index contributed by atoms with van der Waals surface area (Å²) in [7, 11) is 0. The molecule has 0 nitrogen and oxygen atoms in total. The van der Waals surface area contributed by atoms with Crippen molar-refractivity contribution in [3.05, 3.63) is 13.3 Å². The quantitative estimate of drug-likeness (QED) is 0.472. The summed E-state index contributed by atoms with van der Waals surface area (Å²) in [5, 5.41) is 0. The van der Waals surface area contributed by atoms with Crippen molar-refractivity contribution >= 4 is 0 Å². The van der Waals surface area contributed by atoms with Crippen molar-refractivity contribution in [2.45, 2.75) is 51.9 Å². The van der Waals surface area contributed by atoms with Crippen LogP contribution in [0.15, 0.2) is 0 Å². The van der Waals surface area contributed by atoms with Crippen LogP contribution in [0.4, 0.5) is 0 Å². The van der Waals surface area contributed by atoms with Gasteiger partial charge in [0.15, 0.2) is 0 Å². The van der Waals surface area contributed by atoms with Gasteiger partial charge < -0.3 is 0 Å². The van der Waals surface area contributed by atoms with Gasteiger partial charge >= 0.3 is 0 Å². The third-order valence-electron chi connectivity index (χ3n) is 1.74. The predicted octanol–water partition coefficient (Wildman–Crippen LogP) is 3.78. The number of rotatable bonds is 7. The van der Waals surface area contributed by atoms with Crippen LogP contribution in [-0.2, 0) is 0 Å². The van der Waals surface area contributed by atoms with E-state index in [2.05, 4.69) is 20.3 Å². The summed E-state index contributed by atoms with van der Waals surface area (Å²) < 4.78 is 0. The summed E-state index contributed by atoms with van der Waals surface area (Å²) in [5.74, 6) is 0. The van der Waals surface area contributed by atoms with E-state index in [4.69, 9.17) is 0 Å². The van der Waals surface area contributed by atoms with Crippen molar-refractivity contribution in [1.82, 2.24) is 0 Å². The standard InChI is InChI=1S/C10H20/c1-3-5-7-9-10-8-6-4-2/h4H,1,3,5-10H2,2H3. The molecule has 0 aromatic carbocycles. The molecule has 0 heteroatoms. The van der Waals surface area contributed by atoms with E-state index in [1.54, 1.807) is 0 Å². The molecule has 0 atom stereocenters. The zero-order valence-electron chi connectivity index (χ0n) is 7.23. The van der Waals surface area contributed by atoms with E-state index in [0.29, 0.717) is 0 Å². The van der Waals surface area contributed by atoms with Crippen LogP contribution in [0.2, 0.25) is 0 Å². The lowest BCUT2D eigenvalue weighted by molar-refractivity contribution is 0.614. The minimum atomic E-state index is 1.11. The lowest BCUT2D eigenvalue weighted by Crippen LogP contribution is -1.78. The molecule has 0 fully saturated rings. The molecule has 0 saturated carbocycles. The third kappa shape index (κ3) is 8.00. The van der Waals surface area contributed by atoms with Crippen LogP contribution in [0, 0.1) is 13.3 Å². The van der Waals surface area contributed by atoms with Crippen LogP contribution in [0.25, 0.3) is 0 Å². The van der Waals surface area contributed by atoms with Gasteiger partial charge in [0, 0.05) is 0 Å². The van der Waals surface area contributed by atoms with E-state index in [-0.39, 0.29) is 0 Å². The smallest absolute Gasteiger partial charge is 0.0417 e. The minimum absolute atomic E-state index is 1.11. The van der Waals surface area contributed by atoms with E-state index in [0.717, 1.165) is 6.42 Å². The minimum Gasteiger partial charge on any atom is -0.0623 e. The van der Waals surface area contributed by atoms with E-state index in [1.807, 2.05) is 0 Å². The van der Waals surface area contributed by atoms with Gasteiger partial charge in [0.05, 0.1) is 0 Å². The van der Waals surface area contributed by atoms with Gasteiger partial charge in [0.1, 0.15) is 0 Å². The molecule has 0 spiro atoms. The monoisotopic (exact) mass is 140 g/mol. The summed E-state index contributed by atoms with van der Waals surface area (Å²) in [6.07, 6.45) is 11.6. The first-order valence-electron chi connectivity index (χ1n) is 4.49. The normalized spacial score (nSPS) is 10.2. The van der Waals surface area contributed by atoms with Crippen LogP contribution in [0.3, 0.4) is 0 Å². The Kier molecular flexibility index (Phi) is 9.00. The fourth-order valence-electron chi connectivity index (χ4n) is 1.06. The Morgan fingerprint density at radius 3 is 2.20 bits per heavy atom. The second-order valence-corrected chi connectivity index (χ2v) is 2.82. The highest BCUT2D eigenvalue weighted by molar-refractivity contribution is 4.55. The lowest BCUT2D eigenvalue weighted by Gasteiger charge is -1.97. The van der Waals surface area contributed by atoms with Crippen molar-refractivity contribution in [2.75, 3.05) is 0 Å². The van der Waals surface area contributed by atoms with Crippen LogP contribution >= 0.6 is 0 Å². The molecule has 0 unspecified atom stereocenters. The molecule has 0 aliphatic carbocycles. The molecule has 0 aromatic rings. The number of hydrogen-bond acceptors (Lipinski definition) is 0. The average molecular weight is 140 g/mol. The molecule has 2 radical (unpaired) electrons. The Hall–Kier alpha value is 0. The summed E-state index contributed by atoms with van der Waals surface area (Å²) in [6.45, 7) is 5.95. The van der Waals surface area contributed by atoms with Crippen molar-refractivity contribution in [1.29, 1.82) is 0 Å². The number of unbranched alkanes of at least 4 members (excludes halogenated alkanes) is 7. The highest BCUT2D eigenvalue weighted by Crippen LogP contribution is 2.06. The summed E-state index contributed by atoms with van der Waals surface area (Å²) in [5.41, 5.74) is 0. The third-order valence-corrected chi connectivity index (χ3v) is 1.74. The molecule has 0 aromatic heterocycles. The first-order valence-corrected chi connectivity index (χ1v) is 4.49. The molecule has 10 heavy (non-hydrogen) atoms. The molecule has 0 aliphatic heterocycles.